The minimum absolute atomic E-state index is 0.0512. The van der Waals surface area contributed by atoms with E-state index in [1.54, 1.807) is 24.3 Å². The lowest BCUT2D eigenvalue weighted by Gasteiger charge is -2.40. The summed E-state index contributed by atoms with van der Waals surface area (Å²) in [5.41, 5.74) is 0. The third-order valence-electron chi connectivity index (χ3n) is 5.35. The summed E-state index contributed by atoms with van der Waals surface area (Å²) in [6.07, 6.45) is 7.96. The molecular formula is C19H25N7O3. The van der Waals surface area contributed by atoms with Crippen LogP contribution in [0.1, 0.15) is 19.8 Å². The first-order valence-corrected chi connectivity index (χ1v) is 9.91. The molecule has 10 heteroatoms. The van der Waals surface area contributed by atoms with Crippen LogP contribution in [0.3, 0.4) is 0 Å². The molecule has 0 saturated carbocycles. The molecular weight excluding hydrogens is 374 g/mol. The third kappa shape index (κ3) is 4.30. The molecule has 10 nitrogen and oxygen atoms in total. The zero-order valence-electron chi connectivity index (χ0n) is 16.4. The van der Waals surface area contributed by atoms with Crippen molar-refractivity contribution in [3.8, 4) is 5.82 Å². The highest BCUT2D eigenvalue weighted by Crippen LogP contribution is 2.24. The van der Waals surface area contributed by atoms with Crippen molar-refractivity contribution in [2.24, 2.45) is 5.92 Å². The van der Waals surface area contributed by atoms with E-state index in [2.05, 4.69) is 25.2 Å². The summed E-state index contributed by atoms with van der Waals surface area (Å²) in [7, 11) is 0. The number of hydrogen-bond donors (Lipinski definition) is 1. The van der Waals surface area contributed by atoms with Crippen LogP contribution in [0, 0.1) is 5.92 Å². The predicted molar refractivity (Wildman–Crippen MR) is 105 cm³/mol. The molecule has 0 aliphatic carbocycles. The molecule has 0 aromatic carbocycles. The van der Waals surface area contributed by atoms with Crippen LogP contribution in [-0.2, 0) is 9.53 Å². The van der Waals surface area contributed by atoms with Crippen molar-refractivity contribution in [2.75, 3.05) is 37.7 Å². The summed E-state index contributed by atoms with van der Waals surface area (Å²) in [6, 6.07) is 2.00. The monoisotopic (exact) mass is 399 g/mol. The van der Waals surface area contributed by atoms with Gasteiger partial charge in [-0.15, -0.1) is 0 Å². The fourth-order valence-electron chi connectivity index (χ4n) is 3.62. The number of aromatic nitrogens is 4. The second-order valence-electron chi connectivity index (χ2n) is 7.28. The van der Waals surface area contributed by atoms with E-state index < -0.39 is 0 Å². The SMILES string of the molecule is CCOC(=O)N1CCC(NC(=O)C2CN(c3cc(-n4ccnc4)ncn3)C2)CC1. The maximum absolute atomic E-state index is 12.6. The van der Waals surface area contributed by atoms with Crippen LogP contribution in [0.15, 0.2) is 31.1 Å². The molecule has 2 fully saturated rings. The minimum Gasteiger partial charge on any atom is -0.450 e. The van der Waals surface area contributed by atoms with Crippen molar-refractivity contribution in [1.82, 2.24) is 29.7 Å². The van der Waals surface area contributed by atoms with E-state index in [9.17, 15) is 9.59 Å². The summed E-state index contributed by atoms with van der Waals surface area (Å²) in [6.45, 7) is 4.66. The van der Waals surface area contributed by atoms with Crippen LogP contribution in [0.5, 0.6) is 0 Å². The largest absolute Gasteiger partial charge is 0.450 e. The van der Waals surface area contributed by atoms with Gasteiger partial charge in [-0.25, -0.2) is 19.7 Å². The first kappa shape index (κ1) is 19.2. The van der Waals surface area contributed by atoms with Crippen molar-refractivity contribution in [3.63, 3.8) is 0 Å². The van der Waals surface area contributed by atoms with Crippen molar-refractivity contribution >= 4 is 17.8 Å². The van der Waals surface area contributed by atoms with Crippen LogP contribution in [0.4, 0.5) is 10.6 Å². The van der Waals surface area contributed by atoms with Gasteiger partial charge in [-0.1, -0.05) is 0 Å². The molecule has 0 bridgehead atoms. The molecule has 29 heavy (non-hydrogen) atoms. The minimum atomic E-state index is -0.271. The fraction of sp³-hybridized carbons (Fsp3) is 0.526. The van der Waals surface area contributed by atoms with Crippen LogP contribution >= 0.6 is 0 Å². The van der Waals surface area contributed by atoms with E-state index in [1.807, 2.05) is 16.8 Å². The number of carbonyl (C=O) groups excluding carboxylic acids is 2. The highest BCUT2D eigenvalue weighted by atomic mass is 16.6. The molecule has 0 spiro atoms. The van der Waals surface area contributed by atoms with Gasteiger partial charge < -0.3 is 19.9 Å². The average molecular weight is 399 g/mol. The fourth-order valence-corrected chi connectivity index (χ4v) is 3.62. The Labute approximate surface area is 168 Å². The summed E-state index contributed by atoms with van der Waals surface area (Å²) in [5.74, 6) is 1.56. The van der Waals surface area contributed by atoms with Crippen LogP contribution < -0.4 is 10.2 Å². The maximum Gasteiger partial charge on any atom is 0.409 e. The number of piperidine rings is 1. The number of ether oxygens (including phenoxy) is 1. The molecule has 2 aliphatic rings. The van der Waals surface area contributed by atoms with Gasteiger partial charge in [-0.2, -0.15) is 0 Å². The number of rotatable bonds is 5. The molecule has 4 heterocycles. The molecule has 2 aromatic rings. The van der Waals surface area contributed by atoms with Gasteiger partial charge in [0.2, 0.25) is 5.91 Å². The average Bonchev–Trinajstić information content (AvgIpc) is 3.23. The number of carbonyl (C=O) groups is 2. The number of hydrogen-bond acceptors (Lipinski definition) is 7. The lowest BCUT2D eigenvalue weighted by Crippen LogP contribution is -2.56. The van der Waals surface area contributed by atoms with E-state index in [1.165, 1.54) is 6.33 Å². The Morgan fingerprint density at radius 3 is 2.66 bits per heavy atom. The molecule has 1 N–H and O–H groups in total. The number of likely N-dealkylation sites (tertiary alicyclic amines) is 1. The van der Waals surface area contributed by atoms with Gasteiger partial charge in [-0.3, -0.25) is 9.36 Å². The highest BCUT2D eigenvalue weighted by molar-refractivity contribution is 5.82. The van der Waals surface area contributed by atoms with Gasteiger partial charge in [0.25, 0.3) is 0 Å². The Kier molecular flexibility index (Phi) is 5.59. The molecule has 2 aliphatic heterocycles. The van der Waals surface area contributed by atoms with E-state index in [4.69, 9.17) is 4.74 Å². The van der Waals surface area contributed by atoms with Crippen molar-refractivity contribution in [3.05, 3.63) is 31.1 Å². The number of nitrogens with zero attached hydrogens (tertiary/aromatic N) is 6. The Hall–Kier alpha value is -3.17. The molecule has 0 radical (unpaired) electrons. The van der Waals surface area contributed by atoms with Crippen LogP contribution in [0.2, 0.25) is 0 Å². The Morgan fingerprint density at radius 2 is 1.97 bits per heavy atom. The molecule has 154 valence electrons. The second kappa shape index (κ2) is 8.46. The first-order chi connectivity index (χ1) is 14.1. The maximum atomic E-state index is 12.6. The van der Waals surface area contributed by atoms with Gasteiger partial charge in [0.1, 0.15) is 24.3 Å². The molecule has 2 amide bonds. The first-order valence-electron chi connectivity index (χ1n) is 9.91. The van der Waals surface area contributed by atoms with E-state index >= 15 is 0 Å². The summed E-state index contributed by atoms with van der Waals surface area (Å²) in [5, 5.41) is 3.13. The standard InChI is InChI=1S/C19H25N7O3/c1-2-29-19(28)24-6-3-15(4-7-24)23-18(27)14-10-26(11-14)17-9-16(21-12-22-17)25-8-5-20-13-25/h5,8-9,12-15H,2-4,6-7,10-11H2,1H3,(H,23,27). The Bertz CT molecular complexity index is 843. The summed E-state index contributed by atoms with van der Waals surface area (Å²) in [4.78, 5) is 40.7. The summed E-state index contributed by atoms with van der Waals surface area (Å²) < 4.78 is 6.84. The van der Waals surface area contributed by atoms with Gasteiger partial charge in [-0.05, 0) is 19.8 Å². The zero-order chi connectivity index (χ0) is 20.2. The predicted octanol–water partition coefficient (Wildman–Crippen LogP) is 0.836. The van der Waals surface area contributed by atoms with E-state index in [0.29, 0.717) is 32.8 Å². The van der Waals surface area contributed by atoms with Crippen LogP contribution in [-0.4, -0.2) is 75.2 Å². The summed E-state index contributed by atoms with van der Waals surface area (Å²) >= 11 is 0. The topological polar surface area (TPSA) is 105 Å². The Balaban J connectivity index is 1.24. The van der Waals surface area contributed by atoms with E-state index in [0.717, 1.165) is 24.5 Å². The van der Waals surface area contributed by atoms with Crippen molar-refractivity contribution in [1.29, 1.82) is 0 Å². The smallest absolute Gasteiger partial charge is 0.409 e. The van der Waals surface area contributed by atoms with Crippen molar-refractivity contribution < 1.29 is 14.3 Å². The molecule has 4 rings (SSSR count). The Morgan fingerprint density at radius 1 is 1.21 bits per heavy atom. The van der Waals surface area contributed by atoms with Gasteiger partial charge in [0.15, 0.2) is 0 Å². The van der Waals surface area contributed by atoms with Crippen molar-refractivity contribution in [2.45, 2.75) is 25.8 Å². The normalized spacial score (nSPS) is 17.7. The molecule has 2 aromatic heterocycles. The lowest BCUT2D eigenvalue weighted by molar-refractivity contribution is -0.126. The van der Waals surface area contributed by atoms with Gasteiger partial charge >= 0.3 is 6.09 Å². The van der Waals surface area contributed by atoms with Gasteiger partial charge in [0.05, 0.1) is 12.5 Å². The number of anilines is 1. The van der Waals surface area contributed by atoms with E-state index in [-0.39, 0.29) is 24.0 Å². The second-order valence-corrected chi connectivity index (χ2v) is 7.28. The number of amides is 2. The van der Waals surface area contributed by atoms with Crippen LogP contribution in [0.25, 0.3) is 5.82 Å². The molecule has 0 atom stereocenters. The third-order valence-corrected chi connectivity index (χ3v) is 5.35. The number of nitrogens with one attached hydrogen (secondary N) is 1. The number of imidazole rings is 1. The van der Waals surface area contributed by atoms with Gasteiger partial charge in [0, 0.05) is 50.7 Å². The quantitative estimate of drug-likeness (QED) is 0.794. The molecule has 2 saturated heterocycles. The highest BCUT2D eigenvalue weighted by Gasteiger charge is 2.35. The molecule has 0 unspecified atom stereocenters. The lowest BCUT2D eigenvalue weighted by atomic mass is 9.97. The zero-order valence-corrected chi connectivity index (χ0v) is 16.4.